The fourth-order valence-electron chi connectivity index (χ4n) is 1.34. The Morgan fingerprint density at radius 1 is 1.25 bits per heavy atom. The van der Waals surface area contributed by atoms with E-state index in [1.807, 2.05) is 0 Å². The number of alkyl halides is 3. The Balaban J connectivity index is 2.35. The predicted octanol–water partition coefficient (Wildman–Crippen LogP) is 2.88. The molecule has 1 N–H and O–H groups in total. The van der Waals surface area contributed by atoms with Crippen molar-refractivity contribution in [3.8, 4) is 0 Å². The summed E-state index contributed by atoms with van der Waals surface area (Å²) >= 11 is 9.52. The van der Waals surface area contributed by atoms with Crippen LogP contribution < -0.4 is 5.32 Å². The molecule has 0 saturated heterocycles. The number of carbonyl (C=O) groups is 1. The first-order valence-electron chi connectivity index (χ1n) is 3.88. The van der Waals surface area contributed by atoms with Gasteiger partial charge in [-0.2, -0.15) is 0 Å². The lowest BCUT2D eigenvalue weighted by molar-refractivity contribution is -0.120. The molecule has 0 aromatic rings. The molecule has 2 nitrogen and oxygen atoms in total. The molecule has 70 valence electrons. The minimum absolute atomic E-state index is 0.0607. The predicted molar refractivity (Wildman–Crippen MR) is 59.9 cm³/mol. The monoisotopic (exact) mass is 361 g/mol. The van der Waals surface area contributed by atoms with Gasteiger partial charge in [0.15, 0.2) is 0 Å². The molecule has 0 atom stereocenters. The second-order valence-corrected chi connectivity index (χ2v) is 9.71. The Bertz CT molecular complexity index is 172. The van der Waals surface area contributed by atoms with Crippen molar-refractivity contribution in [2.75, 3.05) is 0 Å². The maximum atomic E-state index is 11.4. The Hall–Kier alpha value is 0.910. The van der Waals surface area contributed by atoms with Crippen LogP contribution in [0.15, 0.2) is 0 Å². The third-order valence-electron chi connectivity index (χ3n) is 1.95. The summed E-state index contributed by atoms with van der Waals surface area (Å²) in [6.45, 7) is 0. The van der Waals surface area contributed by atoms with Crippen molar-refractivity contribution >= 4 is 53.7 Å². The molecule has 0 bridgehead atoms. The molecule has 0 spiro atoms. The highest BCUT2D eigenvalue weighted by Crippen LogP contribution is 2.34. The van der Waals surface area contributed by atoms with Gasteiger partial charge in [-0.15, -0.1) is 0 Å². The van der Waals surface area contributed by atoms with Gasteiger partial charge in [-0.05, 0) is 60.6 Å². The molecule has 0 radical (unpaired) electrons. The first-order chi connectivity index (χ1) is 5.50. The van der Waals surface area contributed by atoms with E-state index in [9.17, 15) is 4.79 Å². The van der Waals surface area contributed by atoms with Crippen LogP contribution in [0.3, 0.4) is 0 Å². The van der Waals surface area contributed by atoms with Crippen LogP contribution in [0, 0.1) is 0 Å². The van der Waals surface area contributed by atoms with E-state index in [1.54, 1.807) is 0 Å². The van der Waals surface area contributed by atoms with Crippen LogP contribution in [0.25, 0.3) is 0 Å². The highest BCUT2D eigenvalue weighted by molar-refractivity contribution is 9.40. The number of halogens is 3. The van der Waals surface area contributed by atoms with Crippen molar-refractivity contribution in [1.82, 2.24) is 5.32 Å². The van der Waals surface area contributed by atoms with Gasteiger partial charge >= 0.3 is 0 Å². The lowest BCUT2D eigenvalue weighted by Gasteiger charge is -2.16. The minimum atomic E-state index is -0.796. The molecule has 12 heavy (non-hydrogen) atoms. The molecule has 1 amide bonds. The van der Waals surface area contributed by atoms with Crippen LogP contribution >= 0.6 is 47.8 Å². The second kappa shape index (κ2) is 4.42. The molecule has 1 saturated carbocycles. The van der Waals surface area contributed by atoms with E-state index in [4.69, 9.17) is 0 Å². The van der Waals surface area contributed by atoms with Crippen LogP contribution in [0.4, 0.5) is 0 Å². The maximum absolute atomic E-state index is 11.4. The standard InChI is InChI=1S/C7H10Br3NO/c8-7(9,10)6(12)11-5-3-1-2-4-5/h5H,1-4H2,(H,11,12). The summed E-state index contributed by atoms with van der Waals surface area (Å²) in [5.74, 6) is -0.0607. The van der Waals surface area contributed by atoms with Gasteiger partial charge in [-0.1, -0.05) is 12.8 Å². The lowest BCUT2D eigenvalue weighted by Crippen LogP contribution is -2.39. The molecule has 1 aliphatic rings. The molecule has 0 aromatic heterocycles. The van der Waals surface area contributed by atoms with Crippen molar-refractivity contribution in [3.63, 3.8) is 0 Å². The van der Waals surface area contributed by atoms with Crippen molar-refractivity contribution in [1.29, 1.82) is 0 Å². The molecule has 1 aliphatic carbocycles. The van der Waals surface area contributed by atoms with Crippen LogP contribution in [0.2, 0.25) is 0 Å². The fourth-order valence-corrected chi connectivity index (χ4v) is 1.68. The van der Waals surface area contributed by atoms with E-state index in [2.05, 4.69) is 53.1 Å². The third-order valence-corrected chi connectivity index (χ3v) is 3.03. The largest absolute Gasteiger partial charge is 0.351 e. The molecule has 0 aromatic carbocycles. The third kappa shape index (κ3) is 3.34. The fraction of sp³-hybridized carbons (Fsp3) is 0.857. The molecular formula is C7H10Br3NO. The number of carbonyl (C=O) groups excluding carboxylic acids is 1. The van der Waals surface area contributed by atoms with Gasteiger partial charge in [0.2, 0.25) is 2.14 Å². The molecule has 5 heteroatoms. The van der Waals surface area contributed by atoms with Gasteiger partial charge in [-0.25, -0.2) is 0 Å². The van der Waals surface area contributed by atoms with Crippen LogP contribution in [0.5, 0.6) is 0 Å². The van der Waals surface area contributed by atoms with Crippen molar-refractivity contribution in [2.24, 2.45) is 0 Å². The summed E-state index contributed by atoms with van der Waals surface area (Å²) in [5, 5.41) is 2.94. The summed E-state index contributed by atoms with van der Waals surface area (Å²) < 4.78 is -0.796. The Labute approximate surface area is 97.2 Å². The van der Waals surface area contributed by atoms with E-state index in [-0.39, 0.29) is 5.91 Å². The molecule has 0 aliphatic heterocycles. The van der Waals surface area contributed by atoms with Crippen molar-refractivity contribution in [2.45, 2.75) is 33.9 Å². The number of hydrogen-bond acceptors (Lipinski definition) is 1. The van der Waals surface area contributed by atoms with Crippen LogP contribution in [-0.2, 0) is 4.79 Å². The average Bonchev–Trinajstić information content (AvgIpc) is 2.37. The van der Waals surface area contributed by atoms with Gasteiger partial charge < -0.3 is 5.32 Å². The van der Waals surface area contributed by atoms with Gasteiger partial charge in [0, 0.05) is 6.04 Å². The summed E-state index contributed by atoms with van der Waals surface area (Å²) in [5.41, 5.74) is 0. The van der Waals surface area contributed by atoms with Gasteiger partial charge in [-0.3, -0.25) is 4.79 Å². The number of rotatable bonds is 1. The number of amides is 1. The SMILES string of the molecule is O=C(NC1CCCC1)C(Br)(Br)Br. The number of nitrogens with one attached hydrogen (secondary N) is 1. The topological polar surface area (TPSA) is 29.1 Å². The van der Waals surface area contributed by atoms with Gasteiger partial charge in [0.05, 0.1) is 0 Å². The summed E-state index contributed by atoms with van der Waals surface area (Å²) in [4.78, 5) is 11.4. The number of hydrogen-bond donors (Lipinski definition) is 1. The van der Waals surface area contributed by atoms with Crippen LogP contribution in [0.1, 0.15) is 25.7 Å². The summed E-state index contributed by atoms with van der Waals surface area (Å²) in [6, 6.07) is 0.365. The first kappa shape index (κ1) is 11.0. The van der Waals surface area contributed by atoms with E-state index in [0.717, 1.165) is 12.8 Å². The van der Waals surface area contributed by atoms with Crippen molar-refractivity contribution < 1.29 is 4.79 Å². The first-order valence-corrected chi connectivity index (χ1v) is 6.26. The van der Waals surface area contributed by atoms with E-state index >= 15 is 0 Å². The van der Waals surface area contributed by atoms with E-state index < -0.39 is 2.14 Å². The zero-order valence-corrected chi connectivity index (χ0v) is 11.2. The molecule has 0 unspecified atom stereocenters. The zero-order chi connectivity index (χ0) is 9.19. The van der Waals surface area contributed by atoms with Gasteiger partial charge in [0.25, 0.3) is 5.91 Å². The lowest BCUT2D eigenvalue weighted by atomic mass is 10.2. The maximum Gasteiger partial charge on any atom is 0.258 e. The minimum Gasteiger partial charge on any atom is -0.351 e. The molecule has 1 rings (SSSR count). The van der Waals surface area contributed by atoms with Crippen molar-refractivity contribution in [3.05, 3.63) is 0 Å². The molecule has 0 heterocycles. The summed E-state index contributed by atoms with van der Waals surface area (Å²) in [6.07, 6.45) is 4.67. The second-order valence-electron chi connectivity index (χ2n) is 2.95. The summed E-state index contributed by atoms with van der Waals surface area (Å²) in [7, 11) is 0. The normalized spacial score (nSPS) is 19.6. The Kier molecular flexibility index (Phi) is 4.05. The zero-order valence-electron chi connectivity index (χ0n) is 6.45. The molecule has 1 fully saturated rings. The highest BCUT2D eigenvalue weighted by atomic mass is 80.0. The highest BCUT2D eigenvalue weighted by Gasteiger charge is 2.30. The average molecular weight is 364 g/mol. The molecular weight excluding hydrogens is 354 g/mol. The quantitative estimate of drug-likeness (QED) is 0.713. The van der Waals surface area contributed by atoms with E-state index in [1.165, 1.54) is 12.8 Å². The Morgan fingerprint density at radius 3 is 2.17 bits per heavy atom. The van der Waals surface area contributed by atoms with E-state index in [0.29, 0.717) is 6.04 Å². The smallest absolute Gasteiger partial charge is 0.258 e. The Morgan fingerprint density at radius 2 is 1.75 bits per heavy atom. The van der Waals surface area contributed by atoms with Crippen LogP contribution in [-0.4, -0.2) is 14.1 Å². The van der Waals surface area contributed by atoms with Gasteiger partial charge in [0.1, 0.15) is 0 Å².